The maximum absolute atomic E-state index is 12.6. The molecule has 7 heteroatoms. The Morgan fingerprint density at radius 1 is 1.36 bits per heavy atom. The summed E-state index contributed by atoms with van der Waals surface area (Å²) in [6, 6.07) is 3.95. The van der Waals surface area contributed by atoms with E-state index in [0.29, 0.717) is 12.5 Å². The van der Waals surface area contributed by atoms with E-state index >= 15 is 0 Å². The molecule has 3 rings (SSSR count). The van der Waals surface area contributed by atoms with Crippen LogP contribution >= 0.6 is 0 Å². The monoisotopic (exact) mass is 345 g/mol. The zero-order chi connectivity index (χ0) is 18.0. The molecule has 7 nitrogen and oxygen atoms in total. The van der Waals surface area contributed by atoms with Crippen LogP contribution in [0.1, 0.15) is 48.6 Å². The van der Waals surface area contributed by atoms with E-state index in [1.165, 1.54) is 0 Å². The first kappa shape index (κ1) is 17.5. The molecule has 0 aromatic carbocycles. The van der Waals surface area contributed by atoms with Crippen molar-refractivity contribution >= 4 is 6.03 Å². The lowest BCUT2D eigenvalue weighted by atomic mass is 10.1. The maximum atomic E-state index is 12.6. The summed E-state index contributed by atoms with van der Waals surface area (Å²) in [6.45, 7) is 10.2. The summed E-state index contributed by atoms with van der Waals surface area (Å²) < 4.78 is 7.37. The number of hydrogen-bond donors (Lipinski definition) is 1. The smallest absolute Gasteiger partial charge is 0.318 e. The third-order valence-corrected chi connectivity index (χ3v) is 4.68. The lowest BCUT2D eigenvalue weighted by Gasteiger charge is -2.24. The first-order chi connectivity index (χ1) is 11.9. The van der Waals surface area contributed by atoms with Crippen LogP contribution in [0.4, 0.5) is 4.79 Å². The standard InChI is InChI=1S/C18H27N5O2/c1-12(11-23-15(4)8-13(2)20-23)10-19-18(24)22-7-5-6-16(22)17-9-14(3)21-25-17/h8-9,12,16H,5-7,10-11H2,1-4H3,(H,19,24)/t12-,16-/m0/s1. The molecule has 1 saturated heterocycles. The molecule has 0 aliphatic carbocycles. The molecule has 3 heterocycles. The minimum absolute atomic E-state index is 0.00693. The van der Waals surface area contributed by atoms with Gasteiger partial charge in [0.15, 0.2) is 5.76 Å². The van der Waals surface area contributed by atoms with E-state index in [1.54, 1.807) is 0 Å². The quantitative estimate of drug-likeness (QED) is 0.904. The van der Waals surface area contributed by atoms with Gasteiger partial charge in [-0.2, -0.15) is 5.10 Å². The number of urea groups is 1. The molecule has 1 aliphatic heterocycles. The molecule has 0 bridgehead atoms. The highest BCUT2D eigenvalue weighted by atomic mass is 16.5. The normalized spacial score (nSPS) is 18.6. The van der Waals surface area contributed by atoms with E-state index in [0.717, 1.165) is 48.8 Å². The second-order valence-corrected chi connectivity index (χ2v) is 7.12. The number of carbonyl (C=O) groups excluding carboxylic acids is 1. The zero-order valence-corrected chi connectivity index (χ0v) is 15.5. The van der Waals surface area contributed by atoms with Crippen molar-refractivity contribution in [1.82, 2.24) is 25.2 Å². The minimum Gasteiger partial charge on any atom is -0.359 e. The van der Waals surface area contributed by atoms with Crippen LogP contribution in [-0.2, 0) is 6.54 Å². The van der Waals surface area contributed by atoms with Crippen LogP contribution in [0.15, 0.2) is 16.7 Å². The number of hydrogen-bond acceptors (Lipinski definition) is 4. The Morgan fingerprint density at radius 3 is 2.80 bits per heavy atom. The Labute approximate surface area is 148 Å². The Balaban J connectivity index is 1.54. The van der Waals surface area contributed by atoms with Gasteiger partial charge in [0, 0.05) is 31.4 Å². The lowest BCUT2D eigenvalue weighted by molar-refractivity contribution is 0.180. The van der Waals surface area contributed by atoms with Crippen molar-refractivity contribution in [2.24, 2.45) is 5.92 Å². The van der Waals surface area contributed by atoms with Crippen LogP contribution in [0.2, 0.25) is 0 Å². The third kappa shape index (κ3) is 4.03. The van der Waals surface area contributed by atoms with Gasteiger partial charge in [-0.3, -0.25) is 4.68 Å². The van der Waals surface area contributed by atoms with Gasteiger partial charge in [0.25, 0.3) is 0 Å². The summed E-state index contributed by atoms with van der Waals surface area (Å²) in [5, 5.41) is 11.5. The molecule has 2 aromatic rings. The Kier molecular flexibility index (Phi) is 5.11. The van der Waals surface area contributed by atoms with Crippen molar-refractivity contribution < 1.29 is 9.32 Å². The molecule has 2 atom stereocenters. The molecule has 2 aromatic heterocycles. The largest absolute Gasteiger partial charge is 0.359 e. The Hall–Kier alpha value is -2.31. The van der Waals surface area contributed by atoms with Gasteiger partial charge >= 0.3 is 6.03 Å². The molecule has 2 amide bonds. The van der Waals surface area contributed by atoms with Gasteiger partial charge in [-0.05, 0) is 45.6 Å². The maximum Gasteiger partial charge on any atom is 0.318 e. The van der Waals surface area contributed by atoms with Gasteiger partial charge in [-0.25, -0.2) is 4.79 Å². The second-order valence-electron chi connectivity index (χ2n) is 7.12. The van der Waals surface area contributed by atoms with Gasteiger partial charge in [0.05, 0.1) is 17.4 Å². The van der Waals surface area contributed by atoms with E-state index in [-0.39, 0.29) is 12.1 Å². The summed E-state index contributed by atoms with van der Waals surface area (Å²) in [7, 11) is 0. The number of nitrogens with one attached hydrogen (secondary N) is 1. The number of aromatic nitrogens is 3. The van der Waals surface area contributed by atoms with E-state index in [9.17, 15) is 4.79 Å². The van der Waals surface area contributed by atoms with Crippen molar-refractivity contribution in [2.75, 3.05) is 13.1 Å². The van der Waals surface area contributed by atoms with E-state index < -0.39 is 0 Å². The average molecular weight is 345 g/mol. The molecule has 136 valence electrons. The highest BCUT2D eigenvalue weighted by Crippen LogP contribution is 2.32. The van der Waals surface area contributed by atoms with Crippen molar-refractivity contribution in [3.63, 3.8) is 0 Å². The van der Waals surface area contributed by atoms with Gasteiger partial charge < -0.3 is 14.7 Å². The van der Waals surface area contributed by atoms with Crippen LogP contribution in [0.5, 0.6) is 0 Å². The van der Waals surface area contributed by atoms with Gasteiger partial charge in [-0.1, -0.05) is 12.1 Å². The fourth-order valence-electron chi connectivity index (χ4n) is 3.43. The van der Waals surface area contributed by atoms with Crippen LogP contribution < -0.4 is 5.32 Å². The summed E-state index contributed by atoms with van der Waals surface area (Å²) in [4.78, 5) is 14.5. The fourth-order valence-corrected chi connectivity index (χ4v) is 3.43. The van der Waals surface area contributed by atoms with Crippen molar-refractivity contribution in [2.45, 2.75) is 53.1 Å². The molecule has 1 aliphatic rings. The SMILES string of the molecule is Cc1cc([C@@H]2CCCN2C(=O)NC[C@H](C)Cn2nc(C)cc2C)on1. The number of carbonyl (C=O) groups is 1. The molecule has 1 N–H and O–H groups in total. The summed E-state index contributed by atoms with van der Waals surface area (Å²) >= 11 is 0. The summed E-state index contributed by atoms with van der Waals surface area (Å²) in [5.41, 5.74) is 3.02. The first-order valence-corrected chi connectivity index (χ1v) is 8.92. The Morgan fingerprint density at radius 2 is 2.16 bits per heavy atom. The van der Waals surface area contributed by atoms with Crippen LogP contribution in [0.25, 0.3) is 0 Å². The minimum atomic E-state index is -0.0308. The first-order valence-electron chi connectivity index (χ1n) is 8.92. The molecule has 1 fully saturated rings. The number of likely N-dealkylation sites (tertiary alicyclic amines) is 1. The predicted octanol–water partition coefficient (Wildman–Crippen LogP) is 2.98. The predicted molar refractivity (Wildman–Crippen MR) is 94.2 cm³/mol. The number of rotatable bonds is 5. The second kappa shape index (κ2) is 7.29. The van der Waals surface area contributed by atoms with Crippen molar-refractivity contribution in [3.8, 4) is 0 Å². The molecule has 0 spiro atoms. The number of aryl methyl sites for hydroxylation is 3. The molecular weight excluding hydrogens is 318 g/mol. The van der Waals surface area contributed by atoms with E-state index in [4.69, 9.17) is 4.52 Å². The lowest BCUT2D eigenvalue weighted by Crippen LogP contribution is -2.41. The molecule has 0 saturated carbocycles. The van der Waals surface area contributed by atoms with E-state index in [2.05, 4.69) is 35.5 Å². The van der Waals surface area contributed by atoms with Crippen LogP contribution in [-0.4, -0.2) is 39.0 Å². The molecule has 25 heavy (non-hydrogen) atoms. The highest BCUT2D eigenvalue weighted by molar-refractivity contribution is 5.75. The van der Waals surface area contributed by atoms with Gasteiger partial charge in [0.2, 0.25) is 0 Å². The number of nitrogens with zero attached hydrogens (tertiary/aromatic N) is 4. The Bertz CT molecular complexity index is 736. The van der Waals surface area contributed by atoms with Crippen molar-refractivity contribution in [1.29, 1.82) is 0 Å². The third-order valence-electron chi connectivity index (χ3n) is 4.68. The van der Waals surface area contributed by atoms with Crippen molar-refractivity contribution in [3.05, 3.63) is 35.0 Å². The summed E-state index contributed by atoms with van der Waals surface area (Å²) in [6.07, 6.45) is 1.91. The fraction of sp³-hybridized carbons (Fsp3) is 0.611. The van der Waals surface area contributed by atoms with Gasteiger partial charge in [-0.15, -0.1) is 0 Å². The molecular formula is C18H27N5O2. The topological polar surface area (TPSA) is 76.2 Å². The average Bonchev–Trinajstić information content (AvgIpc) is 3.26. The van der Waals surface area contributed by atoms with E-state index in [1.807, 2.05) is 29.5 Å². The molecule has 0 unspecified atom stereocenters. The number of amides is 2. The van der Waals surface area contributed by atoms with Crippen LogP contribution in [0.3, 0.4) is 0 Å². The summed E-state index contributed by atoms with van der Waals surface area (Å²) in [5.74, 6) is 1.08. The van der Waals surface area contributed by atoms with Gasteiger partial charge in [0.1, 0.15) is 0 Å². The molecule has 0 radical (unpaired) electrons. The van der Waals surface area contributed by atoms with Crippen LogP contribution in [0, 0.1) is 26.7 Å². The highest BCUT2D eigenvalue weighted by Gasteiger charge is 2.32. The zero-order valence-electron chi connectivity index (χ0n) is 15.5.